The van der Waals surface area contributed by atoms with Crippen molar-refractivity contribution in [3.8, 4) is 11.1 Å². The summed E-state index contributed by atoms with van der Waals surface area (Å²) in [6, 6.07) is 24.6. The molecule has 0 bridgehead atoms. The Morgan fingerprint density at radius 3 is 2.15 bits per heavy atom. The quantitative estimate of drug-likeness (QED) is 0.144. The molecule has 8 nitrogen and oxygen atoms in total. The van der Waals surface area contributed by atoms with Crippen molar-refractivity contribution in [2.75, 3.05) is 19.6 Å². The van der Waals surface area contributed by atoms with Crippen molar-refractivity contribution in [1.82, 2.24) is 10.2 Å². The molecule has 258 valence electrons. The second-order valence-corrected chi connectivity index (χ2v) is 13.3. The summed E-state index contributed by atoms with van der Waals surface area (Å²) in [4.78, 5) is 25.8. The Labute approximate surface area is 285 Å². The van der Waals surface area contributed by atoms with Crippen LogP contribution in [0.5, 0.6) is 0 Å². The minimum absolute atomic E-state index is 0.0100. The Balaban J connectivity index is 1.23. The van der Waals surface area contributed by atoms with Gasteiger partial charge in [-0.2, -0.15) is 0 Å². The number of likely N-dealkylation sites (tertiary alicyclic amines) is 1. The van der Waals surface area contributed by atoms with E-state index in [0.29, 0.717) is 19.4 Å². The minimum atomic E-state index is -0.769. The largest absolute Gasteiger partial charge is 0.481 e. The molecule has 3 aromatic rings. The second kappa shape index (κ2) is 18.8. The van der Waals surface area contributed by atoms with Crippen LogP contribution in [0.2, 0.25) is 0 Å². The maximum atomic E-state index is 12.5. The zero-order valence-electron chi connectivity index (χ0n) is 28.2. The summed E-state index contributed by atoms with van der Waals surface area (Å²) in [6.07, 6.45) is 10.4. The Morgan fingerprint density at radius 2 is 1.44 bits per heavy atom. The molecule has 1 amide bonds. The Kier molecular flexibility index (Phi) is 14.0. The molecule has 2 fully saturated rings. The molecule has 48 heavy (non-hydrogen) atoms. The molecule has 3 aromatic carbocycles. The van der Waals surface area contributed by atoms with Crippen LogP contribution < -0.4 is 5.32 Å². The average molecular weight is 657 g/mol. The fourth-order valence-electron chi connectivity index (χ4n) is 6.79. The van der Waals surface area contributed by atoms with E-state index in [0.717, 1.165) is 78.7 Å². The lowest BCUT2D eigenvalue weighted by molar-refractivity contribution is -0.253. The predicted molar refractivity (Wildman–Crippen MR) is 187 cm³/mol. The summed E-state index contributed by atoms with van der Waals surface area (Å²) in [5, 5.41) is 21.4. The summed E-state index contributed by atoms with van der Waals surface area (Å²) < 4.78 is 13.3. The van der Waals surface area contributed by atoms with Crippen molar-refractivity contribution in [2.24, 2.45) is 0 Å². The third-order valence-corrected chi connectivity index (χ3v) is 9.56. The molecule has 0 saturated carbocycles. The minimum Gasteiger partial charge on any atom is -0.481 e. The van der Waals surface area contributed by atoms with Crippen LogP contribution >= 0.6 is 0 Å². The molecular formula is C40H52N2O6. The number of rotatable bonds is 15. The highest BCUT2D eigenvalue weighted by Crippen LogP contribution is 2.39. The van der Waals surface area contributed by atoms with E-state index in [1.54, 1.807) is 0 Å². The lowest BCUT2D eigenvalue weighted by atomic mass is 9.97. The standard InChI is InChI=1S/C40H52N2O6/c43-29-30-16-18-32(19-17-30)37-26-35(28-42-24-10-4-1-5-11-25-42)47-40(48-37)33-22-20-31(21-23-33)36-13-9-8-12-34(36)27-41-38(44)14-6-2-3-7-15-39(45)46/h8-9,12-13,16-23,35,37,40,43H,1-7,10-11,14-15,24-29H2,(H,41,44)(H,45,46)/t35-,37+,40+/m0/s1. The number of nitrogens with zero attached hydrogens (tertiary/aromatic N) is 1. The van der Waals surface area contributed by atoms with Gasteiger partial charge in [-0.1, -0.05) is 105 Å². The van der Waals surface area contributed by atoms with E-state index >= 15 is 0 Å². The van der Waals surface area contributed by atoms with E-state index in [9.17, 15) is 14.7 Å². The van der Waals surface area contributed by atoms with Gasteiger partial charge in [0.15, 0.2) is 6.29 Å². The molecule has 2 heterocycles. The molecule has 2 saturated heterocycles. The van der Waals surface area contributed by atoms with Crippen molar-refractivity contribution in [1.29, 1.82) is 0 Å². The first-order valence-electron chi connectivity index (χ1n) is 17.9. The number of unbranched alkanes of at least 4 members (excludes halogenated alkanes) is 3. The number of amides is 1. The maximum absolute atomic E-state index is 12.5. The Morgan fingerprint density at radius 1 is 0.771 bits per heavy atom. The molecule has 3 atom stereocenters. The van der Waals surface area contributed by atoms with Crippen molar-refractivity contribution in [3.63, 3.8) is 0 Å². The van der Waals surface area contributed by atoms with E-state index in [4.69, 9.17) is 14.6 Å². The number of carboxylic acids is 1. The number of aliphatic hydroxyl groups excluding tert-OH is 1. The van der Waals surface area contributed by atoms with Crippen molar-refractivity contribution >= 4 is 11.9 Å². The number of hydrogen-bond donors (Lipinski definition) is 3. The smallest absolute Gasteiger partial charge is 0.303 e. The molecule has 0 radical (unpaired) electrons. The molecule has 5 rings (SSSR count). The number of aliphatic carboxylic acids is 1. The van der Waals surface area contributed by atoms with Gasteiger partial charge in [-0.3, -0.25) is 9.59 Å². The average Bonchev–Trinajstić information content (AvgIpc) is 3.10. The highest BCUT2D eigenvalue weighted by atomic mass is 16.7. The van der Waals surface area contributed by atoms with Gasteiger partial charge in [0.05, 0.1) is 18.8 Å². The summed E-state index contributed by atoms with van der Waals surface area (Å²) in [7, 11) is 0. The SMILES string of the molecule is O=C(O)CCCCCCC(=O)NCc1ccccc1-c1ccc([C@@H]2O[C@H](CN3CCCCCCC3)C[C@H](c3ccc(CO)cc3)O2)cc1. The summed E-state index contributed by atoms with van der Waals surface area (Å²) in [5.74, 6) is -0.759. The van der Waals surface area contributed by atoms with Gasteiger partial charge in [-0.25, -0.2) is 0 Å². The normalized spacial score (nSPS) is 20.5. The Bertz CT molecular complexity index is 1420. The van der Waals surface area contributed by atoms with E-state index in [2.05, 4.69) is 52.7 Å². The van der Waals surface area contributed by atoms with Crippen LogP contribution in [-0.2, 0) is 32.2 Å². The van der Waals surface area contributed by atoms with Gasteiger partial charge in [-0.05, 0) is 66.6 Å². The van der Waals surface area contributed by atoms with Crippen LogP contribution in [0.15, 0.2) is 72.8 Å². The fraction of sp³-hybridized carbons (Fsp3) is 0.500. The molecule has 0 unspecified atom stereocenters. The van der Waals surface area contributed by atoms with Crippen LogP contribution in [0.25, 0.3) is 11.1 Å². The van der Waals surface area contributed by atoms with Gasteiger partial charge in [0, 0.05) is 37.9 Å². The van der Waals surface area contributed by atoms with Gasteiger partial charge in [0.2, 0.25) is 5.91 Å². The molecule has 8 heteroatoms. The van der Waals surface area contributed by atoms with E-state index < -0.39 is 12.3 Å². The molecule has 2 aliphatic rings. The van der Waals surface area contributed by atoms with Crippen molar-refractivity contribution in [2.45, 2.75) is 109 Å². The first-order chi connectivity index (χ1) is 23.5. The monoisotopic (exact) mass is 656 g/mol. The van der Waals surface area contributed by atoms with Crippen molar-refractivity contribution in [3.05, 3.63) is 95.1 Å². The molecule has 3 N–H and O–H groups in total. The maximum Gasteiger partial charge on any atom is 0.303 e. The number of carboxylic acid groups (broad SMARTS) is 1. The van der Waals surface area contributed by atoms with Crippen LogP contribution in [0.1, 0.15) is 112 Å². The number of aliphatic hydroxyl groups is 1. The number of carbonyl (C=O) groups is 2. The first-order valence-corrected chi connectivity index (χ1v) is 17.9. The summed E-state index contributed by atoms with van der Waals surface area (Å²) in [5.41, 5.74) is 6.14. The van der Waals surface area contributed by atoms with Crippen molar-refractivity contribution < 1.29 is 29.3 Å². The zero-order chi connectivity index (χ0) is 33.6. The predicted octanol–water partition coefficient (Wildman–Crippen LogP) is 7.70. The molecular weight excluding hydrogens is 604 g/mol. The Hall–Kier alpha value is -3.56. The van der Waals surface area contributed by atoms with Crippen LogP contribution in [0.4, 0.5) is 0 Å². The van der Waals surface area contributed by atoms with Gasteiger partial charge >= 0.3 is 5.97 Å². The number of benzene rings is 3. The summed E-state index contributed by atoms with van der Waals surface area (Å²) in [6.45, 7) is 3.59. The number of hydrogen-bond acceptors (Lipinski definition) is 6. The van der Waals surface area contributed by atoms with Gasteiger partial charge in [0.1, 0.15) is 0 Å². The number of ether oxygens (including phenoxy) is 2. The molecule has 2 aliphatic heterocycles. The number of nitrogens with one attached hydrogen (secondary N) is 1. The van der Waals surface area contributed by atoms with Crippen LogP contribution in [-0.4, -0.2) is 52.7 Å². The lowest BCUT2D eigenvalue weighted by Crippen LogP contribution is -2.40. The third-order valence-electron chi connectivity index (χ3n) is 9.56. The topological polar surface area (TPSA) is 108 Å². The van der Waals surface area contributed by atoms with E-state index in [1.807, 2.05) is 30.3 Å². The molecule has 0 aliphatic carbocycles. The zero-order valence-corrected chi connectivity index (χ0v) is 28.2. The lowest BCUT2D eigenvalue weighted by Gasteiger charge is -2.39. The third kappa shape index (κ3) is 11.0. The van der Waals surface area contributed by atoms with Gasteiger partial charge in [0.25, 0.3) is 0 Å². The summed E-state index contributed by atoms with van der Waals surface area (Å²) >= 11 is 0. The fourth-order valence-corrected chi connectivity index (χ4v) is 6.79. The highest BCUT2D eigenvalue weighted by molar-refractivity contribution is 5.76. The second-order valence-electron chi connectivity index (χ2n) is 13.3. The number of carbonyl (C=O) groups excluding carboxylic acids is 1. The van der Waals surface area contributed by atoms with Gasteiger partial charge < -0.3 is 29.9 Å². The first kappa shape index (κ1) is 35.7. The molecule has 0 spiro atoms. The van der Waals surface area contributed by atoms with Gasteiger partial charge in [-0.15, -0.1) is 0 Å². The van der Waals surface area contributed by atoms with E-state index in [1.165, 1.54) is 32.1 Å². The van der Waals surface area contributed by atoms with E-state index in [-0.39, 0.29) is 31.1 Å². The van der Waals surface area contributed by atoms with Crippen LogP contribution in [0, 0.1) is 0 Å². The van der Waals surface area contributed by atoms with Crippen LogP contribution in [0.3, 0.4) is 0 Å². The molecule has 0 aromatic heterocycles. The highest BCUT2D eigenvalue weighted by Gasteiger charge is 2.33.